The molecule has 0 fully saturated rings. The highest BCUT2D eigenvalue weighted by Crippen LogP contribution is 2.46. The molecule has 0 saturated carbocycles. The summed E-state index contributed by atoms with van der Waals surface area (Å²) < 4.78 is 21.6. The van der Waals surface area contributed by atoms with E-state index in [1.165, 1.54) is 7.11 Å². The number of allylic oxidation sites excluding steroid dienone is 1. The van der Waals surface area contributed by atoms with Gasteiger partial charge in [-0.05, 0) is 53.8 Å². The number of hydrogen-bond acceptors (Lipinski definition) is 5. The number of hydrogen-bond donors (Lipinski definition) is 1. The lowest BCUT2D eigenvalue weighted by molar-refractivity contribution is 0.323. The minimum atomic E-state index is 0.131. The van der Waals surface area contributed by atoms with Gasteiger partial charge in [0.25, 0.3) is 0 Å². The van der Waals surface area contributed by atoms with Crippen molar-refractivity contribution in [2.24, 2.45) is 0 Å². The minimum absolute atomic E-state index is 0.131. The second kappa shape index (κ2) is 6.97. The summed E-state index contributed by atoms with van der Waals surface area (Å²) in [6.45, 7) is 0. The number of phenolic OH excluding ortho intramolecular Hbond substituents is 1. The third-order valence-electron chi connectivity index (χ3n) is 4.49. The largest absolute Gasteiger partial charge is 0.504 e. The van der Waals surface area contributed by atoms with Crippen LogP contribution >= 0.6 is 0 Å². The molecule has 0 bridgehead atoms. The number of methoxy groups -OCH3 is 4. The van der Waals surface area contributed by atoms with Crippen molar-refractivity contribution < 1.29 is 24.1 Å². The zero-order valence-electron chi connectivity index (χ0n) is 14.9. The monoisotopic (exact) mass is 342 g/mol. The van der Waals surface area contributed by atoms with Crippen molar-refractivity contribution in [1.29, 1.82) is 0 Å². The maximum atomic E-state index is 10.1. The predicted octanol–water partition coefficient (Wildman–Crippen LogP) is 3.91. The molecule has 1 aliphatic carbocycles. The van der Waals surface area contributed by atoms with Crippen LogP contribution in [0.1, 0.15) is 23.1 Å². The van der Waals surface area contributed by atoms with Crippen molar-refractivity contribution in [3.63, 3.8) is 0 Å². The maximum absolute atomic E-state index is 10.1. The maximum Gasteiger partial charge on any atom is 0.203 e. The van der Waals surface area contributed by atoms with Gasteiger partial charge in [0.2, 0.25) is 5.75 Å². The fourth-order valence-corrected chi connectivity index (χ4v) is 3.23. The number of fused-ring (bicyclic) bond motifs is 1. The molecular weight excluding hydrogens is 320 g/mol. The van der Waals surface area contributed by atoms with Crippen LogP contribution in [0.4, 0.5) is 0 Å². The fraction of sp³-hybridized carbons (Fsp3) is 0.300. The molecule has 0 amide bonds. The smallest absolute Gasteiger partial charge is 0.203 e. The molecule has 2 aromatic carbocycles. The molecule has 132 valence electrons. The molecule has 0 aliphatic heterocycles. The number of phenols is 1. The molecule has 0 atom stereocenters. The second-order valence-electron chi connectivity index (χ2n) is 5.77. The van der Waals surface area contributed by atoms with E-state index in [9.17, 15) is 5.11 Å². The first kappa shape index (κ1) is 17.0. The third-order valence-corrected chi connectivity index (χ3v) is 4.49. The van der Waals surface area contributed by atoms with Gasteiger partial charge < -0.3 is 24.1 Å². The Morgan fingerprint density at radius 3 is 2.12 bits per heavy atom. The van der Waals surface area contributed by atoms with E-state index < -0.39 is 0 Å². The van der Waals surface area contributed by atoms with E-state index in [0.29, 0.717) is 23.0 Å². The van der Waals surface area contributed by atoms with Crippen LogP contribution in [0.15, 0.2) is 24.3 Å². The Labute approximate surface area is 147 Å². The van der Waals surface area contributed by atoms with Crippen LogP contribution in [-0.2, 0) is 6.42 Å². The van der Waals surface area contributed by atoms with Crippen LogP contribution in [0.3, 0.4) is 0 Å². The molecule has 0 radical (unpaired) electrons. The van der Waals surface area contributed by atoms with Crippen molar-refractivity contribution in [3.8, 4) is 28.7 Å². The van der Waals surface area contributed by atoms with Gasteiger partial charge >= 0.3 is 0 Å². The van der Waals surface area contributed by atoms with Crippen molar-refractivity contribution in [3.05, 3.63) is 41.0 Å². The summed E-state index contributed by atoms with van der Waals surface area (Å²) >= 11 is 0. The van der Waals surface area contributed by atoms with Gasteiger partial charge in [0, 0.05) is 5.56 Å². The summed E-state index contributed by atoms with van der Waals surface area (Å²) in [6, 6.07) is 7.44. The van der Waals surface area contributed by atoms with E-state index in [0.717, 1.165) is 35.1 Å². The lowest BCUT2D eigenvalue weighted by atomic mass is 9.87. The number of benzene rings is 2. The average molecular weight is 342 g/mol. The van der Waals surface area contributed by atoms with Crippen LogP contribution in [0.5, 0.6) is 28.7 Å². The zero-order chi connectivity index (χ0) is 18.0. The Kier molecular flexibility index (Phi) is 4.74. The Morgan fingerprint density at radius 1 is 0.800 bits per heavy atom. The lowest BCUT2D eigenvalue weighted by Gasteiger charge is -2.22. The quantitative estimate of drug-likeness (QED) is 0.893. The summed E-state index contributed by atoms with van der Waals surface area (Å²) in [7, 11) is 6.38. The minimum Gasteiger partial charge on any atom is -0.504 e. The number of rotatable bonds is 5. The molecular formula is C20H22O5. The summed E-state index contributed by atoms with van der Waals surface area (Å²) in [5.41, 5.74) is 4.21. The molecule has 0 saturated heterocycles. The Bertz CT molecular complexity index is 823. The highest BCUT2D eigenvalue weighted by molar-refractivity contribution is 5.88. The molecule has 0 aromatic heterocycles. The van der Waals surface area contributed by atoms with Gasteiger partial charge in [0.05, 0.1) is 28.4 Å². The summed E-state index contributed by atoms with van der Waals surface area (Å²) in [5.74, 6) is 2.50. The first-order valence-electron chi connectivity index (χ1n) is 8.02. The lowest BCUT2D eigenvalue weighted by Crippen LogP contribution is -2.05. The van der Waals surface area contributed by atoms with Gasteiger partial charge in [-0.3, -0.25) is 0 Å². The second-order valence-corrected chi connectivity index (χ2v) is 5.77. The van der Waals surface area contributed by atoms with Gasteiger partial charge in [-0.1, -0.05) is 6.07 Å². The first-order chi connectivity index (χ1) is 12.1. The zero-order valence-corrected chi connectivity index (χ0v) is 14.9. The van der Waals surface area contributed by atoms with Crippen LogP contribution in [0.25, 0.3) is 11.6 Å². The fourth-order valence-electron chi connectivity index (χ4n) is 3.23. The summed E-state index contributed by atoms with van der Waals surface area (Å²) in [4.78, 5) is 0. The molecule has 5 heteroatoms. The van der Waals surface area contributed by atoms with Gasteiger partial charge in [0.1, 0.15) is 0 Å². The van der Waals surface area contributed by atoms with Crippen molar-refractivity contribution in [1.82, 2.24) is 0 Å². The molecule has 0 heterocycles. The molecule has 2 aromatic rings. The van der Waals surface area contributed by atoms with Crippen LogP contribution < -0.4 is 18.9 Å². The molecule has 3 rings (SSSR count). The Hall–Kier alpha value is -2.82. The first-order valence-corrected chi connectivity index (χ1v) is 8.02. The Balaban J connectivity index is 2.11. The average Bonchev–Trinajstić information content (AvgIpc) is 2.65. The molecule has 1 N–H and O–H groups in total. The van der Waals surface area contributed by atoms with Crippen LogP contribution in [-0.4, -0.2) is 33.5 Å². The molecule has 0 unspecified atom stereocenters. The van der Waals surface area contributed by atoms with E-state index in [-0.39, 0.29) is 5.75 Å². The summed E-state index contributed by atoms with van der Waals surface area (Å²) in [6.07, 6.45) is 3.79. The predicted molar refractivity (Wildman–Crippen MR) is 96.9 cm³/mol. The van der Waals surface area contributed by atoms with E-state index in [2.05, 4.69) is 6.08 Å². The standard InChI is InChI=1S/C20H22O5/c1-22-17-8-7-13(10-16(17)21)12-5-6-14-11-18(23-2)20(25-4)19(24-3)15(14)9-12/h7-11,21H,5-6H2,1-4H3. The SMILES string of the molecule is COc1ccc(C2=Cc3c(cc(OC)c(OC)c3OC)CC2)cc1O. The van der Waals surface area contributed by atoms with Gasteiger partial charge in [0.15, 0.2) is 23.0 Å². The van der Waals surface area contributed by atoms with E-state index >= 15 is 0 Å². The van der Waals surface area contributed by atoms with E-state index in [1.54, 1.807) is 33.5 Å². The van der Waals surface area contributed by atoms with Crippen LogP contribution in [0.2, 0.25) is 0 Å². The Morgan fingerprint density at radius 2 is 1.52 bits per heavy atom. The van der Waals surface area contributed by atoms with Crippen molar-refractivity contribution >= 4 is 11.6 Å². The number of ether oxygens (including phenoxy) is 4. The van der Waals surface area contributed by atoms with E-state index in [1.807, 2.05) is 12.1 Å². The van der Waals surface area contributed by atoms with Gasteiger partial charge in [-0.25, -0.2) is 0 Å². The normalized spacial score (nSPS) is 12.9. The highest BCUT2D eigenvalue weighted by Gasteiger charge is 2.23. The topological polar surface area (TPSA) is 57.2 Å². The molecule has 5 nitrogen and oxygen atoms in total. The van der Waals surface area contributed by atoms with Crippen LogP contribution in [0, 0.1) is 0 Å². The van der Waals surface area contributed by atoms with Gasteiger partial charge in [-0.2, -0.15) is 0 Å². The molecule has 0 spiro atoms. The van der Waals surface area contributed by atoms with Gasteiger partial charge in [-0.15, -0.1) is 0 Å². The molecule has 1 aliphatic rings. The number of aryl methyl sites for hydroxylation is 1. The third kappa shape index (κ3) is 2.97. The number of aromatic hydroxyl groups is 1. The summed E-state index contributed by atoms with van der Waals surface area (Å²) in [5, 5.41) is 10.1. The molecule has 25 heavy (non-hydrogen) atoms. The van der Waals surface area contributed by atoms with Crippen molar-refractivity contribution in [2.75, 3.05) is 28.4 Å². The highest BCUT2D eigenvalue weighted by atomic mass is 16.5. The van der Waals surface area contributed by atoms with Crippen molar-refractivity contribution in [2.45, 2.75) is 12.8 Å². The van der Waals surface area contributed by atoms with E-state index in [4.69, 9.17) is 18.9 Å².